The second kappa shape index (κ2) is 3.25. The van der Waals surface area contributed by atoms with Crippen LogP contribution in [0.5, 0.6) is 0 Å². The van der Waals surface area contributed by atoms with Gasteiger partial charge >= 0.3 is 0 Å². The summed E-state index contributed by atoms with van der Waals surface area (Å²) < 4.78 is 12.7. The lowest BCUT2D eigenvalue weighted by Crippen LogP contribution is -2.34. The molecule has 4 fully saturated rings. The zero-order chi connectivity index (χ0) is 11.0. The minimum absolute atomic E-state index is 0.157. The average Bonchev–Trinajstić information content (AvgIpc) is 2.59. The maximum Gasteiger partial charge on any atom is 0.169 e. The minimum atomic E-state index is -0.197. The lowest BCUT2D eigenvalue weighted by atomic mass is 9.94. The first kappa shape index (κ1) is 10.8. The lowest BCUT2D eigenvalue weighted by Gasteiger charge is -2.32. The fraction of sp³-hybridized carbons (Fsp3) is 1.00. The van der Waals surface area contributed by atoms with Gasteiger partial charge in [-0.25, -0.2) is 0 Å². The summed E-state index contributed by atoms with van der Waals surface area (Å²) in [6, 6.07) is 0. The molecule has 4 heteroatoms. The third kappa shape index (κ3) is 1.30. The molecule has 0 N–H and O–H groups in total. The molecule has 1 aliphatic heterocycles. The van der Waals surface area contributed by atoms with E-state index >= 15 is 0 Å². The average molecular weight is 352 g/mol. The van der Waals surface area contributed by atoms with Crippen LogP contribution in [0, 0.1) is 11.8 Å². The largest absolute Gasteiger partial charge is 0.344 e. The summed E-state index contributed by atoms with van der Waals surface area (Å²) in [5.74, 6) is 1.14. The van der Waals surface area contributed by atoms with Crippen LogP contribution in [0.3, 0.4) is 0 Å². The monoisotopic (exact) mass is 350 g/mol. The fourth-order valence-electron chi connectivity index (χ4n) is 3.93. The number of alkyl halides is 2. The number of ether oxygens (including phenoxy) is 2. The fourth-order valence-corrected chi connectivity index (χ4v) is 5.76. The Labute approximate surface area is 113 Å². The van der Waals surface area contributed by atoms with Gasteiger partial charge in [-0.15, -0.1) is 0 Å². The summed E-state index contributed by atoms with van der Waals surface area (Å²) in [6.07, 6.45) is 7.95. The van der Waals surface area contributed by atoms with Gasteiger partial charge in [0.1, 0.15) is 0 Å². The van der Waals surface area contributed by atoms with E-state index in [0.717, 1.165) is 19.3 Å². The van der Waals surface area contributed by atoms with Crippen molar-refractivity contribution in [3.63, 3.8) is 0 Å². The first-order valence-corrected chi connectivity index (χ1v) is 7.94. The van der Waals surface area contributed by atoms with Crippen LogP contribution in [-0.4, -0.2) is 21.2 Å². The SMILES string of the molecule is BrC1(Br)[C@H]2[C@@H]3OC4(CCCCC4)O[C@@H]3C[C@H]21. The molecule has 0 amide bonds. The van der Waals surface area contributed by atoms with Gasteiger partial charge in [-0.2, -0.15) is 0 Å². The van der Waals surface area contributed by atoms with E-state index in [4.69, 9.17) is 9.47 Å². The van der Waals surface area contributed by atoms with Gasteiger partial charge in [-0.05, 0) is 25.2 Å². The van der Waals surface area contributed by atoms with Crippen molar-refractivity contribution in [2.75, 3.05) is 0 Å². The van der Waals surface area contributed by atoms with Crippen molar-refractivity contribution in [3.8, 4) is 0 Å². The molecule has 1 spiro atoms. The zero-order valence-corrected chi connectivity index (χ0v) is 12.3. The van der Waals surface area contributed by atoms with Crippen LogP contribution in [0.2, 0.25) is 0 Å². The summed E-state index contributed by atoms with van der Waals surface area (Å²) in [4.78, 5) is 0. The minimum Gasteiger partial charge on any atom is -0.344 e. The van der Waals surface area contributed by atoms with E-state index in [1.807, 2.05) is 0 Å². The van der Waals surface area contributed by atoms with Gasteiger partial charge in [0.25, 0.3) is 0 Å². The van der Waals surface area contributed by atoms with Crippen LogP contribution >= 0.6 is 31.9 Å². The van der Waals surface area contributed by atoms with Crippen molar-refractivity contribution in [1.29, 1.82) is 0 Å². The second-order valence-corrected chi connectivity index (χ2v) is 9.44. The normalized spacial score (nSPS) is 51.4. The first-order chi connectivity index (χ1) is 7.62. The molecule has 4 atom stereocenters. The predicted octanol–water partition coefficient (Wildman–Crippen LogP) is 3.57. The maximum atomic E-state index is 6.32. The molecule has 0 radical (unpaired) electrons. The van der Waals surface area contributed by atoms with Crippen molar-refractivity contribution in [1.82, 2.24) is 0 Å². The van der Waals surface area contributed by atoms with Gasteiger partial charge in [0.15, 0.2) is 5.79 Å². The van der Waals surface area contributed by atoms with Gasteiger partial charge in [0.2, 0.25) is 0 Å². The van der Waals surface area contributed by atoms with Crippen LogP contribution in [0.25, 0.3) is 0 Å². The van der Waals surface area contributed by atoms with E-state index in [0.29, 0.717) is 24.0 Å². The zero-order valence-electron chi connectivity index (χ0n) is 9.12. The van der Waals surface area contributed by atoms with Crippen LogP contribution in [0.1, 0.15) is 38.5 Å². The van der Waals surface area contributed by atoms with Gasteiger partial charge in [-0.1, -0.05) is 38.3 Å². The maximum absolute atomic E-state index is 6.32. The molecule has 3 aliphatic carbocycles. The van der Waals surface area contributed by atoms with Crippen molar-refractivity contribution in [3.05, 3.63) is 0 Å². The van der Waals surface area contributed by atoms with Crippen molar-refractivity contribution in [2.45, 2.75) is 59.8 Å². The summed E-state index contributed by atoms with van der Waals surface area (Å²) in [7, 11) is 0. The first-order valence-electron chi connectivity index (χ1n) is 6.36. The van der Waals surface area contributed by atoms with Crippen LogP contribution in [0.4, 0.5) is 0 Å². The molecule has 4 aliphatic rings. The lowest BCUT2D eigenvalue weighted by molar-refractivity contribution is -0.198. The molecule has 4 rings (SSSR count). The van der Waals surface area contributed by atoms with Gasteiger partial charge in [0, 0.05) is 18.8 Å². The molecule has 0 unspecified atom stereocenters. The van der Waals surface area contributed by atoms with E-state index in [9.17, 15) is 0 Å². The molecule has 0 aromatic carbocycles. The Morgan fingerprint density at radius 1 is 1.00 bits per heavy atom. The Morgan fingerprint density at radius 3 is 2.50 bits per heavy atom. The summed E-state index contributed by atoms with van der Waals surface area (Å²) in [5, 5.41) is 0. The summed E-state index contributed by atoms with van der Waals surface area (Å²) >= 11 is 7.52. The highest BCUT2D eigenvalue weighted by Crippen LogP contribution is 2.72. The quantitative estimate of drug-likeness (QED) is 0.621. The Morgan fingerprint density at radius 2 is 1.75 bits per heavy atom. The number of halogens is 2. The summed E-state index contributed by atoms with van der Waals surface area (Å²) in [5.41, 5.74) is 0. The number of hydrogen-bond donors (Lipinski definition) is 0. The van der Waals surface area contributed by atoms with E-state index in [1.54, 1.807) is 0 Å². The highest BCUT2D eigenvalue weighted by molar-refractivity contribution is 9.25. The Hall–Kier alpha value is 0.880. The van der Waals surface area contributed by atoms with Crippen molar-refractivity contribution < 1.29 is 9.47 Å². The highest BCUT2D eigenvalue weighted by Gasteiger charge is 2.74. The van der Waals surface area contributed by atoms with E-state index in [2.05, 4.69) is 31.9 Å². The molecule has 2 nitrogen and oxygen atoms in total. The van der Waals surface area contributed by atoms with Crippen LogP contribution < -0.4 is 0 Å². The Kier molecular flexibility index (Phi) is 2.19. The highest BCUT2D eigenvalue weighted by atomic mass is 79.9. The number of fused-ring (bicyclic) bond motifs is 3. The predicted molar refractivity (Wildman–Crippen MR) is 67.7 cm³/mol. The molecule has 0 bridgehead atoms. The molecular formula is C12H16Br2O2. The van der Waals surface area contributed by atoms with Gasteiger partial charge < -0.3 is 9.47 Å². The topological polar surface area (TPSA) is 18.5 Å². The van der Waals surface area contributed by atoms with Crippen LogP contribution in [0.15, 0.2) is 0 Å². The molecule has 3 saturated carbocycles. The van der Waals surface area contributed by atoms with Crippen molar-refractivity contribution >= 4 is 31.9 Å². The Balaban J connectivity index is 1.54. The summed E-state index contributed by atoms with van der Waals surface area (Å²) in [6.45, 7) is 0. The van der Waals surface area contributed by atoms with Crippen molar-refractivity contribution in [2.24, 2.45) is 11.8 Å². The second-order valence-electron chi connectivity index (χ2n) is 5.75. The third-order valence-corrected chi connectivity index (χ3v) is 7.04. The molecule has 0 aromatic rings. The molecule has 1 heterocycles. The van der Waals surface area contributed by atoms with Gasteiger partial charge in [-0.3, -0.25) is 0 Å². The molecule has 16 heavy (non-hydrogen) atoms. The van der Waals surface area contributed by atoms with Crippen LogP contribution in [-0.2, 0) is 9.47 Å². The standard InChI is InChI=1S/C12H16Br2O2/c13-12(14)7-6-8-10(9(7)12)16-11(15-8)4-2-1-3-5-11/h7-10H,1-6H2/t7-,8-,9-,10-/m1/s1. The Bertz CT molecular complexity index is 325. The van der Waals surface area contributed by atoms with E-state index in [-0.39, 0.29) is 9.02 Å². The smallest absolute Gasteiger partial charge is 0.169 e. The van der Waals surface area contributed by atoms with E-state index in [1.165, 1.54) is 19.3 Å². The molecule has 90 valence electrons. The van der Waals surface area contributed by atoms with Gasteiger partial charge in [0.05, 0.1) is 15.4 Å². The molecule has 0 aromatic heterocycles. The third-order valence-electron chi connectivity index (χ3n) is 4.80. The molecule has 1 saturated heterocycles. The number of rotatable bonds is 0. The number of hydrogen-bond acceptors (Lipinski definition) is 2. The molecular weight excluding hydrogens is 336 g/mol. The van der Waals surface area contributed by atoms with E-state index < -0.39 is 0 Å².